The third kappa shape index (κ3) is 4.41. The smallest absolute Gasteiger partial charge is 0.263 e. The largest absolute Gasteiger partial charge is 0.347 e. The van der Waals surface area contributed by atoms with Gasteiger partial charge in [0.05, 0.1) is 17.6 Å². The highest BCUT2D eigenvalue weighted by Crippen LogP contribution is 2.24. The van der Waals surface area contributed by atoms with Crippen LogP contribution < -0.4 is 5.32 Å². The number of aryl methyl sites for hydroxylation is 3. The van der Waals surface area contributed by atoms with Gasteiger partial charge in [-0.05, 0) is 56.2 Å². The molecule has 0 radical (unpaired) electrons. The van der Waals surface area contributed by atoms with Crippen LogP contribution in [-0.4, -0.2) is 25.8 Å². The summed E-state index contributed by atoms with van der Waals surface area (Å²) in [7, 11) is 0. The summed E-state index contributed by atoms with van der Waals surface area (Å²) in [5, 5.41) is 3.68. The Hall–Kier alpha value is -3.45. The first-order valence-corrected chi connectivity index (χ1v) is 10.4. The minimum Gasteiger partial charge on any atom is -0.347 e. The Labute approximate surface area is 179 Å². The van der Waals surface area contributed by atoms with Gasteiger partial charge in [-0.3, -0.25) is 19.7 Å². The first kappa shape index (κ1) is 19.8. The molecule has 4 heterocycles. The van der Waals surface area contributed by atoms with E-state index >= 15 is 0 Å². The third-order valence-corrected chi connectivity index (χ3v) is 5.61. The molecule has 0 aromatic carbocycles. The third-order valence-electron chi connectivity index (χ3n) is 4.59. The van der Waals surface area contributed by atoms with Crippen molar-refractivity contribution in [3.05, 3.63) is 82.4 Å². The molecule has 0 atom stereocenters. The van der Waals surface area contributed by atoms with Gasteiger partial charge in [-0.25, -0.2) is 4.98 Å². The molecule has 0 unspecified atom stereocenters. The minimum atomic E-state index is -0.155. The molecular weight excluding hydrogens is 394 g/mol. The van der Waals surface area contributed by atoms with Crippen molar-refractivity contribution in [1.82, 2.24) is 25.3 Å². The number of carbonyl (C=O) groups is 1. The van der Waals surface area contributed by atoms with Gasteiger partial charge in [-0.1, -0.05) is 12.1 Å². The SMILES string of the molecule is Cc1cc(-c2ncc(CNC(=O)c3cnc(-c4cccc(C)n4)s3)cc2C)ccn1. The summed E-state index contributed by atoms with van der Waals surface area (Å²) in [5.74, 6) is -0.155. The number of thiazole rings is 1. The van der Waals surface area contributed by atoms with E-state index in [0.29, 0.717) is 11.4 Å². The zero-order valence-electron chi connectivity index (χ0n) is 17.0. The van der Waals surface area contributed by atoms with Crippen LogP contribution in [0.1, 0.15) is 32.2 Å². The maximum Gasteiger partial charge on any atom is 0.263 e. The van der Waals surface area contributed by atoms with Crippen molar-refractivity contribution in [1.29, 1.82) is 0 Å². The van der Waals surface area contributed by atoms with E-state index in [1.165, 1.54) is 11.3 Å². The average Bonchev–Trinajstić information content (AvgIpc) is 3.22. The predicted octanol–water partition coefficient (Wildman–Crippen LogP) is 4.52. The zero-order valence-corrected chi connectivity index (χ0v) is 17.8. The van der Waals surface area contributed by atoms with Gasteiger partial charge in [0.15, 0.2) is 0 Å². The lowest BCUT2D eigenvalue weighted by Crippen LogP contribution is -2.22. The maximum absolute atomic E-state index is 12.6. The molecule has 0 bridgehead atoms. The van der Waals surface area contributed by atoms with Crippen molar-refractivity contribution in [2.45, 2.75) is 27.3 Å². The lowest BCUT2D eigenvalue weighted by atomic mass is 10.1. The first-order chi connectivity index (χ1) is 14.5. The summed E-state index contributed by atoms with van der Waals surface area (Å²) in [6.07, 6.45) is 5.18. The van der Waals surface area contributed by atoms with Crippen molar-refractivity contribution in [3.8, 4) is 22.0 Å². The van der Waals surface area contributed by atoms with Crippen molar-refractivity contribution in [2.75, 3.05) is 0 Å². The lowest BCUT2D eigenvalue weighted by Gasteiger charge is -2.09. The summed E-state index contributed by atoms with van der Waals surface area (Å²) >= 11 is 1.33. The number of nitrogens with zero attached hydrogens (tertiary/aromatic N) is 4. The van der Waals surface area contributed by atoms with Crippen molar-refractivity contribution < 1.29 is 4.79 Å². The van der Waals surface area contributed by atoms with Gasteiger partial charge in [0.2, 0.25) is 0 Å². The molecule has 150 valence electrons. The highest BCUT2D eigenvalue weighted by atomic mass is 32.1. The van der Waals surface area contributed by atoms with Gasteiger partial charge >= 0.3 is 0 Å². The van der Waals surface area contributed by atoms with Crippen LogP contribution >= 0.6 is 11.3 Å². The molecule has 4 aromatic rings. The van der Waals surface area contributed by atoms with E-state index in [1.54, 1.807) is 18.6 Å². The van der Waals surface area contributed by atoms with E-state index in [0.717, 1.165) is 44.5 Å². The van der Waals surface area contributed by atoms with Crippen molar-refractivity contribution in [2.24, 2.45) is 0 Å². The Balaban J connectivity index is 1.44. The highest BCUT2D eigenvalue weighted by Gasteiger charge is 2.13. The quantitative estimate of drug-likeness (QED) is 0.518. The van der Waals surface area contributed by atoms with E-state index in [-0.39, 0.29) is 5.91 Å². The number of rotatable bonds is 5. The average molecular weight is 416 g/mol. The second-order valence-electron chi connectivity index (χ2n) is 7.07. The number of pyridine rings is 3. The summed E-state index contributed by atoms with van der Waals surface area (Å²) < 4.78 is 0. The molecule has 0 saturated carbocycles. The van der Waals surface area contributed by atoms with Crippen molar-refractivity contribution in [3.63, 3.8) is 0 Å². The zero-order chi connectivity index (χ0) is 21.1. The Bertz CT molecular complexity index is 1220. The minimum absolute atomic E-state index is 0.155. The Morgan fingerprint density at radius 2 is 1.87 bits per heavy atom. The van der Waals surface area contributed by atoms with Gasteiger partial charge < -0.3 is 5.32 Å². The number of aromatic nitrogens is 4. The maximum atomic E-state index is 12.6. The van der Waals surface area contributed by atoms with Crippen LogP contribution in [0.3, 0.4) is 0 Å². The normalized spacial score (nSPS) is 10.8. The molecular formula is C23H21N5OS. The fraction of sp³-hybridized carbons (Fsp3) is 0.174. The molecule has 0 spiro atoms. The fourth-order valence-corrected chi connectivity index (χ4v) is 3.96. The van der Waals surface area contributed by atoms with E-state index in [9.17, 15) is 4.79 Å². The summed E-state index contributed by atoms with van der Waals surface area (Å²) in [4.78, 5) is 30.7. The first-order valence-electron chi connectivity index (χ1n) is 9.56. The van der Waals surface area contributed by atoms with Crippen LogP contribution in [0.4, 0.5) is 0 Å². The Kier molecular flexibility index (Phi) is 5.63. The van der Waals surface area contributed by atoms with Crippen LogP contribution in [-0.2, 0) is 6.54 Å². The molecule has 4 aromatic heterocycles. The van der Waals surface area contributed by atoms with Crippen LogP contribution in [0, 0.1) is 20.8 Å². The van der Waals surface area contributed by atoms with Gasteiger partial charge in [-0.2, -0.15) is 0 Å². The highest BCUT2D eigenvalue weighted by molar-refractivity contribution is 7.16. The monoisotopic (exact) mass is 415 g/mol. The van der Waals surface area contributed by atoms with Crippen LogP contribution in [0.2, 0.25) is 0 Å². The summed E-state index contributed by atoms with van der Waals surface area (Å²) in [5.41, 5.74) is 6.61. The molecule has 4 rings (SSSR count). The molecule has 0 aliphatic carbocycles. The summed E-state index contributed by atoms with van der Waals surface area (Å²) in [6.45, 7) is 6.32. The molecule has 0 aliphatic heterocycles. The fourth-order valence-electron chi connectivity index (χ4n) is 3.15. The number of amides is 1. The predicted molar refractivity (Wildman–Crippen MR) is 118 cm³/mol. The topological polar surface area (TPSA) is 80.7 Å². The molecule has 0 aliphatic rings. The second kappa shape index (κ2) is 8.51. The number of hydrogen-bond donors (Lipinski definition) is 1. The van der Waals surface area contributed by atoms with Gasteiger partial charge in [-0.15, -0.1) is 11.3 Å². The van der Waals surface area contributed by atoms with Crippen LogP contribution in [0.15, 0.2) is 55.0 Å². The second-order valence-corrected chi connectivity index (χ2v) is 8.10. The van der Waals surface area contributed by atoms with Gasteiger partial charge in [0.1, 0.15) is 9.88 Å². The number of hydrogen-bond acceptors (Lipinski definition) is 6. The van der Waals surface area contributed by atoms with Gasteiger partial charge in [0, 0.05) is 35.9 Å². The van der Waals surface area contributed by atoms with E-state index in [1.807, 2.05) is 57.2 Å². The number of nitrogens with one attached hydrogen (secondary N) is 1. The standard InChI is InChI=1S/C23H21N5OS/c1-14-9-17(11-25-21(14)18-7-8-24-16(3)10-18)12-26-22(29)20-13-27-23(30-20)19-6-4-5-15(2)28-19/h4-11,13H,12H2,1-3H3,(H,26,29). The van der Waals surface area contributed by atoms with Gasteiger partial charge in [0.25, 0.3) is 5.91 Å². The lowest BCUT2D eigenvalue weighted by molar-refractivity contribution is 0.0954. The molecule has 30 heavy (non-hydrogen) atoms. The molecule has 0 fully saturated rings. The molecule has 7 heteroatoms. The molecule has 0 saturated heterocycles. The molecule has 1 N–H and O–H groups in total. The van der Waals surface area contributed by atoms with Crippen LogP contribution in [0.25, 0.3) is 22.0 Å². The summed E-state index contributed by atoms with van der Waals surface area (Å²) in [6, 6.07) is 11.8. The van der Waals surface area contributed by atoms with Crippen LogP contribution in [0.5, 0.6) is 0 Å². The molecule has 1 amide bonds. The van der Waals surface area contributed by atoms with E-state index < -0.39 is 0 Å². The van der Waals surface area contributed by atoms with E-state index in [2.05, 4.69) is 25.3 Å². The molecule has 6 nitrogen and oxygen atoms in total. The van der Waals surface area contributed by atoms with Crippen molar-refractivity contribution >= 4 is 17.2 Å². The number of carbonyl (C=O) groups excluding carboxylic acids is 1. The Morgan fingerprint density at radius 3 is 2.63 bits per heavy atom. The van der Waals surface area contributed by atoms with E-state index in [4.69, 9.17) is 0 Å². The Morgan fingerprint density at radius 1 is 1.00 bits per heavy atom.